The molecule has 0 atom stereocenters. The average molecular weight is 343 g/mol. The Labute approximate surface area is 127 Å². The molecule has 2 heterocycles. The quantitative estimate of drug-likeness (QED) is 0.775. The topological polar surface area (TPSA) is 39.4 Å². The molecule has 22 heavy (non-hydrogen) atoms. The van der Waals surface area contributed by atoms with E-state index in [1.165, 1.54) is 0 Å². The lowest BCUT2D eigenvalue weighted by atomic mass is 10.1. The maximum Gasteiger partial charge on any atom is 0.435 e. The number of halogens is 5. The number of hydrogen-bond donors (Lipinski definition) is 0. The summed E-state index contributed by atoms with van der Waals surface area (Å²) in [5, 5.41) is 7.44. The van der Waals surface area contributed by atoms with Gasteiger partial charge in [0.1, 0.15) is 16.3 Å². The van der Waals surface area contributed by atoms with Crippen LogP contribution in [0, 0.1) is 0 Å². The first-order chi connectivity index (χ1) is 10.0. The second-order valence-corrected chi connectivity index (χ2v) is 6.48. The molecule has 0 saturated heterocycles. The normalized spacial score (nSPS) is 17.8. The molecule has 0 bridgehead atoms. The Bertz CT molecular complexity index is 594. The van der Waals surface area contributed by atoms with Crippen molar-refractivity contribution in [2.75, 3.05) is 0 Å². The van der Waals surface area contributed by atoms with Crippen molar-refractivity contribution in [3.05, 3.63) is 17.0 Å². The number of alkyl halides is 5. The van der Waals surface area contributed by atoms with Gasteiger partial charge in [-0.3, -0.25) is 4.68 Å². The van der Waals surface area contributed by atoms with E-state index in [1.807, 2.05) is 0 Å². The van der Waals surface area contributed by atoms with Gasteiger partial charge < -0.3 is 4.84 Å². The average Bonchev–Trinajstić information content (AvgIpc) is 2.86. The molecule has 1 aromatic heterocycles. The standard InChI is InChI=1S/C12H14F5N3OS/c1-11(2)4-7(19-21-11)22-5-6-8(10(13)14)20(3)18-9(6)12(15,16)17/h10H,4-5H2,1-3H3. The molecule has 0 aliphatic carbocycles. The Morgan fingerprint density at radius 1 is 1.36 bits per heavy atom. The van der Waals surface area contributed by atoms with E-state index in [9.17, 15) is 22.0 Å². The molecule has 1 aliphatic heterocycles. The van der Waals surface area contributed by atoms with Gasteiger partial charge >= 0.3 is 6.18 Å². The predicted molar refractivity (Wildman–Crippen MR) is 71.7 cm³/mol. The zero-order valence-corrected chi connectivity index (χ0v) is 12.9. The molecular weight excluding hydrogens is 329 g/mol. The second kappa shape index (κ2) is 5.71. The number of aryl methyl sites for hydroxylation is 1. The largest absolute Gasteiger partial charge is 0.435 e. The monoisotopic (exact) mass is 343 g/mol. The minimum absolute atomic E-state index is 0.291. The van der Waals surface area contributed by atoms with Crippen LogP contribution in [0.5, 0.6) is 0 Å². The summed E-state index contributed by atoms with van der Waals surface area (Å²) in [7, 11) is 1.07. The summed E-state index contributed by atoms with van der Waals surface area (Å²) in [6.07, 6.45) is -7.40. The first kappa shape index (κ1) is 17.0. The summed E-state index contributed by atoms with van der Waals surface area (Å²) in [5.41, 5.74) is -3.05. The summed E-state index contributed by atoms with van der Waals surface area (Å²) in [5.74, 6) is -0.291. The lowest BCUT2D eigenvalue weighted by molar-refractivity contribution is -0.141. The van der Waals surface area contributed by atoms with Crippen LogP contribution in [0.2, 0.25) is 0 Å². The highest BCUT2D eigenvalue weighted by Crippen LogP contribution is 2.38. The van der Waals surface area contributed by atoms with E-state index in [1.54, 1.807) is 13.8 Å². The Morgan fingerprint density at radius 3 is 2.45 bits per heavy atom. The number of hydrogen-bond acceptors (Lipinski definition) is 4. The van der Waals surface area contributed by atoms with Crippen molar-refractivity contribution in [2.24, 2.45) is 12.2 Å². The van der Waals surface area contributed by atoms with Crippen molar-refractivity contribution < 1.29 is 26.8 Å². The van der Waals surface area contributed by atoms with E-state index in [-0.39, 0.29) is 5.75 Å². The zero-order valence-electron chi connectivity index (χ0n) is 12.0. The molecular formula is C12H14F5N3OS. The molecule has 0 amide bonds. The lowest BCUT2D eigenvalue weighted by Crippen LogP contribution is -2.18. The smallest absolute Gasteiger partial charge is 0.389 e. The van der Waals surface area contributed by atoms with Gasteiger partial charge in [-0.25, -0.2) is 8.78 Å². The minimum Gasteiger partial charge on any atom is -0.389 e. The van der Waals surface area contributed by atoms with Crippen LogP contribution in [0.4, 0.5) is 22.0 Å². The van der Waals surface area contributed by atoms with Crippen LogP contribution in [0.25, 0.3) is 0 Å². The molecule has 4 nitrogen and oxygen atoms in total. The fourth-order valence-corrected chi connectivity index (χ4v) is 3.20. The number of thioether (sulfide) groups is 1. The fourth-order valence-electron chi connectivity index (χ4n) is 2.06. The van der Waals surface area contributed by atoms with E-state index in [4.69, 9.17) is 4.84 Å². The van der Waals surface area contributed by atoms with Gasteiger partial charge in [-0.05, 0) is 13.8 Å². The Hall–Kier alpha value is -1.32. The van der Waals surface area contributed by atoms with E-state index >= 15 is 0 Å². The van der Waals surface area contributed by atoms with E-state index in [0.717, 1.165) is 18.8 Å². The highest BCUT2D eigenvalue weighted by molar-refractivity contribution is 8.13. The molecule has 0 saturated carbocycles. The first-order valence-electron chi connectivity index (χ1n) is 6.30. The number of aromatic nitrogens is 2. The molecule has 0 unspecified atom stereocenters. The van der Waals surface area contributed by atoms with Crippen LogP contribution in [0.3, 0.4) is 0 Å². The highest BCUT2D eigenvalue weighted by Gasteiger charge is 2.40. The second-order valence-electron chi connectivity index (χ2n) is 5.44. The van der Waals surface area contributed by atoms with Crippen LogP contribution < -0.4 is 0 Å². The number of nitrogens with zero attached hydrogens (tertiary/aromatic N) is 3. The van der Waals surface area contributed by atoms with Gasteiger partial charge in [-0.15, -0.1) is 11.8 Å². The third-order valence-corrected chi connectivity index (χ3v) is 4.01. The summed E-state index contributed by atoms with van der Waals surface area (Å²) < 4.78 is 65.5. The van der Waals surface area contributed by atoms with Gasteiger partial charge in [-0.2, -0.15) is 18.3 Å². The van der Waals surface area contributed by atoms with Crippen molar-refractivity contribution in [2.45, 2.75) is 44.2 Å². The number of oxime groups is 1. The van der Waals surface area contributed by atoms with Crippen molar-refractivity contribution in [3.8, 4) is 0 Å². The highest BCUT2D eigenvalue weighted by atomic mass is 32.2. The summed E-state index contributed by atoms with van der Waals surface area (Å²) >= 11 is 0.953. The molecule has 2 rings (SSSR count). The lowest BCUT2D eigenvalue weighted by Gasteiger charge is -2.13. The van der Waals surface area contributed by atoms with Gasteiger partial charge in [0.05, 0.1) is 0 Å². The van der Waals surface area contributed by atoms with Gasteiger partial charge in [0.15, 0.2) is 5.69 Å². The molecule has 0 spiro atoms. The third-order valence-electron chi connectivity index (χ3n) is 3.02. The fraction of sp³-hybridized carbons (Fsp3) is 0.667. The predicted octanol–water partition coefficient (Wildman–Crippen LogP) is 4.12. The van der Waals surface area contributed by atoms with Crippen LogP contribution >= 0.6 is 11.8 Å². The van der Waals surface area contributed by atoms with Crippen molar-refractivity contribution in [3.63, 3.8) is 0 Å². The van der Waals surface area contributed by atoms with E-state index in [2.05, 4.69) is 10.3 Å². The molecule has 0 fully saturated rings. The summed E-state index contributed by atoms with van der Waals surface area (Å²) in [6, 6.07) is 0. The molecule has 1 aliphatic rings. The van der Waals surface area contributed by atoms with E-state index in [0.29, 0.717) is 16.1 Å². The first-order valence-corrected chi connectivity index (χ1v) is 7.29. The van der Waals surface area contributed by atoms with Crippen molar-refractivity contribution in [1.82, 2.24) is 9.78 Å². The van der Waals surface area contributed by atoms with Crippen LogP contribution in [-0.4, -0.2) is 20.4 Å². The van der Waals surface area contributed by atoms with Gasteiger partial charge in [0, 0.05) is 24.8 Å². The SMILES string of the molecule is Cn1nc(C(F)(F)F)c(CSC2=NOC(C)(C)C2)c1C(F)F. The molecule has 124 valence electrons. The van der Waals surface area contributed by atoms with Crippen LogP contribution in [-0.2, 0) is 23.8 Å². The molecule has 1 aromatic rings. The van der Waals surface area contributed by atoms with Gasteiger partial charge in [0.2, 0.25) is 0 Å². The summed E-state index contributed by atoms with van der Waals surface area (Å²) in [6.45, 7) is 3.56. The Balaban J connectivity index is 2.26. The Morgan fingerprint density at radius 2 is 2.00 bits per heavy atom. The third kappa shape index (κ3) is 3.53. The minimum atomic E-state index is -4.78. The number of rotatable bonds is 3. The summed E-state index contributed by atoms with van der Waals surface area (Å²) in [4.78, 5) is 5.10. The molecule has 0 radical (unpaired) electrons. The molecule has 0 aromatic carbocycles. The maximum atomic E-state index is 13.0. The van der Waals surface area contributed by atoms with Crippen LogP contribution in [0.15, 0.2) is 5.16 Å². The zero-order chi connectivity index (χ0) is 16.7. The molecule has 10 heteroatoms. The molecule has 0 N–H and O–H groups in total. The van der Waals surface area contributed by atoms with Crippen molar-refractivity contribution >= 4 is 16.8 Å². The maximum absolute atomic E-state index is 13.0. The van der Waals surface area contributed by atoms with Crippen molar-refractivity contribution in [1.29, 1.82) is 0 Å². The van der Waals surface area contributed by atoms with Gasteiger partial charge in [-0.1, -0.05) is 5.16 Å². The van der Waals surface area contributed by atoms with Crippen LogP contribution in [0.1, 0.15) is 43.6 Å². The van der Waals surface area contributed by atoms with Gasteiger partial charge in [0.25, 0.3) is 6.43 Å². The Kier molecular flexibility index (Phi) is 4.42. The van der Waals surface area contributed by atoms with E-state index < -0.39 is 35.2 Å².